The molecule has 7 nitrogen and oxygen atoms in total. The van der Waals surface area contributed by atoms with E-state index < -0.39 is 0 Å². The molecule has 2 saturated heterocycles. The van der Waals surface area contributed by atoms with Gasteiger partial charge in [-0.2, -0.15) is 0 Å². The van der Waals surface area contributed by atoms with E-state index in [1.165, 1.54) is 11.3 Å². The monoisotopic (exact) mass is 338 g/mol. The molecule has 8 heteroatoms. The molecule has 126 valence electrons. The van der Waals surface area contributed by atoms with E-state index in [-0.39, 0.29) is 24.0 Å². The molecule has 0 radical (unpaired) electrons. The van der Waals surface area contributed by atoms with Crippen LogP contribution in [0.4, 0.5) is 9.93 Å². The van der Waals surface area contributed by atoms with Gasteiger partial charge in [0.25, 0.3) is 0 Å². The van der Waals surface area contributed by atoms with Crippen LogP contribution < -0.4 is 10.6 Å². The maximum atomic E-state index is 12.3. The smallest absolute Gasteiger partial charge is 0.317 e. The first-order valence-corrected chi connectivity index (χ1v) is 8.95. The average Bonchev–Trinajstić information content (AvgIpc) is 3.26. The number of piperidine rings is 1. The van der Waals surface area contributed by atoms with Crippen molar-refractivity contribution in [2.75, 3.05) is 31.6 Å². The van der Waals surface area contributed by atoms with Gasteiger partial charge in [0.05, 0.1) is 12.0 Å². The van der Waals surface area contributed by atoms with Crippen molar-refractivity contribution in [2.24, 2.45) is 5.92 Å². The van der Waals surface area contributed by atoms with Crippen molar-refractivity contribution >= 4 is 28.4 Å². The number of aromatic nitrogens is 1. The normalized spacial score (nSPS) is 24.4. The van der Waals surface area contributed by atoms with Gasteiger partial charge >= 0.3 is 6.03 Å². The summed E-state index contributed by atoms with van der Waals surface area (Å²) in [5, 5.41) is 8.16. The molecule has 2 fully saturated rings. The van der Waals surface area contributed by atoms with Crippen LogP contribution in [0.15, 0.2) is 11.6 Å². The molecule has 2 aliphatic rings. The number of rotatable bonds is 4. The topological polar surface area (TPSA) is 83.6 Å². The number of hydrogen-bond acceptors (Lipinski definition) is 5. The molecule has 0 bridgehead atoms. The third kappa shape index (κ3) is 4.42. The highest BCUT2D eigenvalue weighted by Gasteiger charge is 2.29. The number of carbonyl (C=O) groups is 2. The molecule has 23 heavy (non-hydrogen) atoms. The molecule has 0 saturated carbocycles. The Morgan fingerprint density at radius 2 is 2.30 bits per heavy atom. The molecule has 0 spiro atoms. The van der Waals surface area contributed by atoms with Gasteiger partial charge in [0.15, 0.2) is 5.13 Å². The van der Waals surface area contributed by atoms with Crippen molar-refractivity contribution in [3.8, 4) is 0 Å². The first-order valence-electron chi connectivity index (χ1n) is 8.07. The SMILES string of the molecule is O=C(Nc1nccs1)C1CCCN(C(=O)NCC2CCCO2)C1. The van der Waals surface area contributed by atoms with Gasteiger partial charge in [0, 0.05) is 37.8 Å². The lowest BCUT2D eigenvalue weighted by molar-refractivity contribution is -0.121. The fourth-order valence-electron chi connectivity index (χ4n) is 2.99. The number of nitrogens with zero attached hydrogens (tertiary/aromatic N) is 2. The van der Waals surface area contributed by atoms with E-state index in [0.717, 1.165) is 32.3 Å². The van der Waals surface area contributed by atoms with E-state index in [4.69, 9.17) is 4.74 Å². The standard InChI is InChI=1S/C15H22N4O3S/c20-13(18-14-16-5-8-23-14)11-3-1-6-19(10-11)15(21)17-9-12-4-2-7-22-12/h5,8,11-12H,1-4,6-7,9-10H2,(H,17,21)(H,16,18,20). The Bertz CT molecular complexity index is 531. The highest BCUT2D eigenvalue weighted by atomic mass is 32.1. The third-order valence-corrected chi connectivity index (χ3v) is 4.94. The quantitative estimate of drug-likeness (QED) is 0.875. The lowest BCUT2D eigenvalue weighted by Gasteiger charge is -2.32. The van der Waals surface area contributed by atoms with Gasteiger partial charge in [0.2, 0.25) is 5.91 Å². The van der Waals surface area contributed by atoms with Crippen LogP contribution in [0, 0.1) is 5.92 Å². The number of amides is 3. The zero-order chi connectivity index (χ0) is 16.1. The van der Waals surface area contributed by atoms with Crippen LogP contribution in [0.25, 0.3) is 0 Å². The first kappa shape index (κ1) is 16.2. The Balaban J connectivity index is 1.46. The molecule has 3 rings (SSSR count). The number of carbonyl (C=O) groups excluding carboxylic acids is 2. The van der Waals surface area contributed by atoms with E-state index >= 15 is 0 Å². The van der Waals surface area contributed by atoms with E-state index in [1.54, 1.807) is 11.1 Å². The first-order chi connectivity index (χ1) is 11.2. The zero-order valence-corrected chi connectivity index (χ0v) is 13.8. The summed E-state index contributed by atoms with van der Waals surface area (Å²) in [5.74, 6) is -0.238. The van der Waals surface area contributed by atoms with Gasteiger partial charge in [-0.25, -0.2) is 9.78 Å². The third-order valence-electron chi connectivity index (χ3n) is 4.25. The van der Waals surface area contributed by atoms with E-state index in [1.807, 2.05) is 5.38 Å². The molecule has 1 aromatic heterocycles. The summed E-state index contributed by atoms with van der Waals surface area (Å²) in [7, 11) is 0. The number of ether oxygens (including phenoxy) is 1. The van der Waals surface area contributed by atoms with Gasteiger partial charge in [-0.1, -0.05) is 0 Å². The largest absolute Gasteiger partial charge is 0.376 e. The van der Waals surface area contributed by atoms with Crippen molar-refractivity contribution in [1.82, 2.24) is 15.2 Å². The summed E-state index contributed by atoms with van der Waals surface area (Å²) in [6, 6.07) is -0.104. The van der Waals surface area contributed by atoms with Crippen LogP contribution in [0.5, 0.6) is 0 Å². The maximum Gasteiger partial charge on any atom is 0.317 e. The second-order valence-corrected chi connectivity index (χ2v) is 6.83. The molecular formula is C15H22N4O3S. The predicted molar refractivity (Wildman–Crippen MR) is 87.4 cm³/mol. The van der Waals surface area contributed by atoms with Crippen LogP contribution in [0.1, 0.15) is 25.7 Å². The van der Waals surface area contributed by atoms with E-state index in [2.05, 4.69) is 15.6 Å². The summed E-state index contributed by atoms with van der Waals surface area (Å²) < 4.78 is 5.51. The van der Waals surface area contributed by atoms with Gasteiger partial charge in [-0.3, -0.25) is 4.79 Å². The number of likely N-dealkylation sites (tertiary alicyclic amines) is 1. The zero-order valence-electron chi connectivity index (χ0n) is 13.0. The molecule has 0 aliphatic carbocycles. The molecule has 2 N–H and O–H groups in total. The average molecular weight is 338 g/mol. The van der Waals surface area contributed by atoms with Gasteiger partial charge < -0.3 is 20.3 Å². The lowest BCUT2D eigenvalue weighted by Crippen LogP contribution is -2.49. The molecule has 3 amide bonds. The Kier molecular flexibility index (Phi) is 5.45. The number of thiazole rings is 1. The summed E-state index contributed by atoms with van der Waals surface area (Å²) in [5.41, 5.74) is 0. The van der Waals surface area contributed by atoms with Crippen LogP contribution in [-0.4, -0.2) is 54.2 Å². The van der Waals surface area contributed by atoms with Crippen molar-refractivity contribution in [3.63, 3.8) is 0 Å². The molecular weight excluding hydrogens is 316 g/mol. The predicted octanol–water partition coefficient (Wildman–Crippen LogP) is 1.68. The Hall–Kier alpha value is -1.67. The number of hydrogen-bond donors (Lipinski definition) is 2. The van der Waals surface area contributed by atoms with Crippen LogP contribution in [0.3, 0.4) is 0 Å². The maximum absolute atomic E-state index is 12.3. The molecule has 2 aliphatic heterocycles. The van der Waals surface area contributed by atoms with Crippen molar-refractivity contribution in [2.45, 2.75) is 31.8 Å². The van der Waals surface area contributed by atoms with Crippen molar-refractivity contribution in [3.05, 3.63) is 11.6 Å². The van der Waals surface area contributed by atoms with Gasteiger partial charge in [-0.05, 0) is 25.7 Å². The highest BCUT2D eigenvalue weighted by molar-refractivity contribution is 7.13. The van der Waals surface area contributed by atoms with Gasteiger partial charge in [-0.15, -0.1) is 11.3 Å². The van der Waals surface area contributed by atoms with Crippen LogP contribution in [0.2, 0.25) is 0 Å². The summed E-state index contributed by atoms with van der Waals surface area (Å²) >= 11 is 1.39. The lowest BCUT2D eigenvalue weighted by atomic mass is 9.97. The second-order valence-electron chi connectivity index (χ2n) is 5.93. The minimum absolute atomic E-state index is 0.0587. The molecule has 0 aromatic carbocycles. The summed E-state index contributed by atoms with van der Waals surface area (Å²) in [4.78, 5) is 30.3. The molecule has 1 aromatic rings. The molecule has 3 heterocycles. The van der Waals surface area contributed by atoms with Crippen LogP contribution in [-0.2, 0) is 9.53 Å². The Morgan fingerprint density at radius 1 is 1.39 bits per heavy atom. The summed E-state index contributed by atoms with van der Waals surface area (Å²) in [6.45, 7) is 2.47. The van der Waals surface area contributed by atoms with E-state index in [0.29, 0.717) is 24.8 Å². The molecule has 2 atom stereocenters. The minimum Gasteiger partial charge on any atom is -0.376 e. The van der Waals surface area contributed by atoms with Crippen molar-refractivity contribution < 1.29 is 14.3 Å². The molecule has 2 unspecified atom stereocenters. The van der Waals surface area contributed by atoms with Gasteiger partial charge in [0.1, 0.15) is 0 Å². The number of anilines is 1. The Labute approximate surface area is 139 Å². The summed E-state index contributed by atoms with van der Waals surface area (Å²) in [6.07, 6.45) is 5.48. The highest BCUT2D eigenvalue weighted by Crippen LogP contribution is 2.20. The Morgan fingerprint density at radius 3 is 3.04 bits per heavy atom. The number of nitrogens with one attached hydrogen (secondary N) is 2. The fraction of sp³-hybridized carbons (Fsp3) is 0.667. The second kappa shape index (κ2) is 7.74. The van der Waals surface area contributed by atoms with E-state index in [9.17, 15) is 9.59 Å². The minimum atomic E-state index is -0.180. The number of urea groups is 1. The fourth-order valence-corrected chi connectivity index (χ4v) is 3.52. The van der Waals surface area contributed by atoms with Crippen LogP contribution >= 0.6 is 11.3 Å². The van der Waals surface area contributed by atoms with Crippen molar-refractivity contribution in [1.29, 1.82) is 0 Å².